The van der Waals surface area contributed by atoms with Crippen LogP contribution in [0, 0.1) is 6.92 Å². The highest BCUT2D eigenvalue weighted by molar-refractivity contribution is 7.19. The number of pyridine rings is 2. The summed E-state index contributed by atoms with van der Waals surface area (Å²) in [5.74, 6) is 0.753. The molecule has 3 aromatic heterocycles. The van der Waals surface area contributed by atoms with Crippen LogP contribution in [0.4, 0.5) is 16.6 Å². The van der Waals surface area contributed by atoms with Crippen molar-refractivity contribution in [1.82, 2.24) is 15.0 Å². The van der Waals surface area contributed by atoms with Crippen molar-refractivity contribution < 1.29 is 0 Å². The first-order valence-corrected chi connectivity index (χ1v) is 8.99. The number of nitrogens with zero attached hydrogens (tertiary/aromatic N) is 3. The third kappa shape index (κ3) is 3.41. The molecule has 0 spiro atoms. The van der Waals surface area contributed by atoms with Crippen molar-refractivity contribution in [3.8, 4) is 21.8 Å². The van der Waals surface area contributed by atoms with Crippen LogP contribution >= 0.6 is 11.3 Å². The molecule has 5 nitrogen and oxygen atoms in total. The number of nitrogen functional groups attached to an aromatic ring is 1. The Kier molecular flexibility index (Phi) is 4.33. The molecule has 128 valence electrons. The minimum Gasteiger partial charge on any atom is -0.375 e. The summed E-state index contributed by atoms with van der Waals surface area (Å²) < 4.78 is 0. The SMILES string of the molecule is Cc1cccc(-c2sc(N)nc2-c2ccnc(Nc3ccccc3)c2)n1. The first-order chi connectivity index (χ1) is 12.7. The van der Waals surface area contributed by atoms with Crippen LogP contribution in [0.1, 0.15) is 5.69 Å². The van der Waals surface area contributed by atoms with Gasteiger partial charge in [-0.15, -0.1) is 0 Å². The molecule has 6 heteroatoms. The normalized spacial score (nSPS) is 10.7. The summed E-state index contributed by atoms with van der Waals surface area (Å²) in [5.41, 5.74) is 10.6. The maximum absolute atomic E-state index is 6.00. The van der Waals surface area contributed by atoms with Crippen LogP contribution in [0.5, 0.6) is 0 Å². The fourth-order valence-electron chi connectivity index (χ4n) is 2.69. The molecule has 0 aliphatic carbocycles. The molecule has 0 radical (unpaired) electrons. The van der Waals surface area contributed by atoms with Crippen molar-refractivity contribution in [3.05, 3.63) is 72.6 Å². The molecule has 1 aromatic carbocycles. The van der Waals surface area contributed by atoms with Crippen molar-refractivity contribution in [2.45, 2.75) is 6.92 Å². The molecule has 0 amide bonds. The fraction of sp³-hybridized carbons (Fsp3) is 0.0500. The van der Waals surface area contributed by atoms with E-state index in [1.165, 1.54) is 11.3 Å². The average molecular weight is 359 g/mol. The number of aromatic nitrogens is 3. The Morgan fingerprint density at radius 1 is 0.962 bits per heavy atom. The topological polar surface area (TPSA) is 76.7 Å². The monoisotopic (exact) mass is 359 g/mol. The van der Waals surface area contributed by atoms with E-state index in [2.05, 4.69) is 20.3 Å². The van der Waals surface area contributed by atoms with Gasteiger partial charge in [0.1, 0.15) is 5.82 Å². The number of rotatable bonds is 4. The lowest BCUT2D eigenvalue weighted by molar-refractivity contribution is 1.21. The molecule has 4 aromatic rings. The van der Waals surface area contributed by atoms with Crippen molar-refractivity contribution >= 4 is 28.0 Å². The number of hydrogen-bond donors (Lipinski definition) is 2. The molecule has 3 N–H and O–H groups in total. The lowest BCUT2D eigenvalue weighted by atomic mass is 10.1. The van der Waals surface area contributed by atoms with Gasteiger partial charge in [0.15, 0.2) is 5.13 Å². The smallest absolute Gasteiger partial charge is 0.181 e. The molecule has 4 rings (SSSR count). The Balaban J connectivity index is 1.73. The molecule has 0 atom stereocenters. The maximum Gasteiger partial charge on any atom is 0.181 e. The van der Waals surface area contributed by atoms with E-state index in [1.54, 1.807) is 6.20 Å². The molecular weight excluding hydrogens is 342 g/mol. The summed E-state index contributed by atoms with van der Waals surface area (Å²) in [6.45, 7) is 1.97. The number of thiazole rings is 1. The highest BCUT2D eigenvalue weighted by Crippen LogP contribution is 2.37. The van der Waals surface area contributed by atoms with Gasteiger partial charge in [-0.3, -0.25) is 4.98 Å². The van der Waals surface area contributed by atoms with Gasteiger partial charge in [-0.25, -0.2) is 9.97 Å². The number of hydrogen-bond acceptors (Lipinski definition) is 6. The summed E-state index contributed by atoms with van der Waals surface area (Å²) >= 11 is 1.44. The Morgan fingerprint density at radius 3 is 2.62 bits per heavy atom. The molecule has 0 saturated carbocycles. The Labute approximate surface area is 155 Å². The standard InChI is InChI=1S/C20H17N5S/c1-13-6-5-9-16(23-13)19-18(25-20(21)26-19)14-10-11-22-17(12-14)24-15-7-3-2-4-8-15/h2-12H,1H3,(H2,21,25)(H,22,24). The predicted octanol–water partition coefficient (Wildman–Crippen LogP) is 4.90. The van der Waals surface area contributed by atoms with E-state index < -0.39 is 0 Å². The van der Waals surface area contributed by atoms with Gasteiger partial charge < -0.3 is 11.1 Å². The largest absolute Gasteiger partial charge is 0.375 e. The lowest BCUT2D eigenvalue weighted by Crippen LogP contribution is -1.94. The van der Waals surface area contributed by atoms with E-state index in [1.807, 2.05) is 67.6 Å². The zero-order valence-corrected chi connectivity index (χ0v) is 15.0. The number of nitrogens with two attached hydrogens (primary N) is 1. The van der Waals surface area contributed by atoms with E-state index in [9.17, 15) is 0 Å². The van der Waals surface area contributed by atoms with Gasteiger partial charge in [0, 0.05) is 23.1 Å². The van der Waals surface area contributed by atoms with Crippen LogP contribution in [-0.2, 0) is 0 Å². The van der Waals surface area contributed by atoms with E-state index in [4.69, 9.17) is 5.73 Å². The lowest BCUT2D eigenvalue weighted by Gasteiger charge is -2.07. The highest BCUT2D eigenvalue weighted by Gasteiger charge is 2.15. The van der Waals surface area contributed by atoms with Crippen LogP contribution < -0.4 is 11.1 Å². The van der Waals surface area contributed by atoms with Gasteiger partial charge >= 0.3 is 0 Å². The van der Waals surface area contributed by atoms with Gasteiger partial charge in [-0.05, 0) is 43.3 Å². The number of anilines is 3. The highest BCUT2D eigenvalue weighted by atomic mass is 32.1. The minimum absolute atomic E-state index is 0.521. The summed E-state index contributed by atoms with van der Waals surface area (Å²) in [6, 6.07) is 19.8. The molecule has 0 bridgehead atoms. The molecule has 0 fully saturated rings. The first-order valence-electron chi connectivity index (χ1n) is 8.18. The molecule has 26 heavy (non-hydrogen) atoms. The van der Waals surface area contributed by atoms with Crippen molar-refractivity contribution in [1.29, 1.82) is 0 Å². The summed E-state index contributed by atoms with van der Waals surface area (Å²) in [6.07, 6.45) is 1.77. The molecule has 0 saturated heterocycles. The van der Waals surface area contributed by atoms with E-state index >= 15 is 0 Å². The van der Waals surface area contributed by atoms with Gasteiger partial charge in [0.05, 0.1) is 16.3 Å². The second-order valence-electron chi connectivity index (χ2n) is 5.81. The Bertz CT molecular complexity index is 1040. The van der Waals surface area contributed by atoms with Gasteiger partial charge in [-0.2, -0.15) is 0 Å². The average Bonchev–Trinajstić information content (AvgIpc) is 3.05. The van der Waals surface area contributed by atoms with Crippen LogP contribution in [0.15, 0.2) is 66.9 Å². The zero-order valence-electron chi connectivity index (χ0n) is 14.2. The first kappa shape index (κ1) is 16.2. The van der Waals surface area contributed by atoms with Crippen molar-refractivity contribution in [2.75, 3.05) is 11.1 Å². The van der Waals surface area contributed by atoms with Crippen molar-refractivity contribution in [2.24, 2.45) is 0 Å². The number of nitrogens with one attached hydrogen (secondary N) is 1. The third-order valence-electron chi connectivity index (χ3n) is 3.84. The predicted molar refractivity (Wildman–Crippen MR) is 107 cm³/mol. The van der Waals surface area contributed by atoms with E-state index in [0.29, 0.717) is 5.13 Å². The second kappa shape index (κ2) is 6.93. The molecular formula is C20H17N5S. The number of aryl methyl sites for hydroxylation is 1. The Hall–Kier alpha value is -3.25. The zero-order chi connectivity index (χ0) is 17.9. The summed E-state index contributed by atoms with van der Waals surface area (Å²) in [7, 11) is 0. The Morgan fingerprint density at radius 2 is 1.81 bits per heavy atom. The number of para-hydroxylation sites is 1. The van der Waals surface area contributed by atoms with Crippen LogP contribution in [0.3, 0.4) is 0 Å². The van der Waals surface area contributed by atoms with E-state index in [-0.39, 0.29) is 0 Å². The van der Waals surface area contributed by atoms with Gasteiger partial charge in [-0.1, -0.05) is 35.6 Å². The number of benzene rings is 1. The molecule has 0 unspecified atom stereocenters. The van der Waals surface area contributed by atoms with Gasteiger partial charge in [0.25, 0.3) is 0 Å². The summed E-state index contributed by atoms with van der Waals surface area (Å²) in [5, 5.41) is 3.83. The quantitative estimate of drug-likeness (QED) is 0.542. The van der Waals surface area contributed by atoms with Crippen LogP contribution in [-0.4, -0.2) is 15.0 Å². The minimum atomic E-state index is 0.521. The molecule has 0 aliphatic heterocycles. The fourth-order valence-corrected chi connectivity index (χ4v) is 3.52. The third-order valence-corrected chi connectivity index (χ3v) is 4.75. The van der Waals surface area contributed by atoms with E-state index in [0.717, 1.165) is 39.0 Å². The van der Waals surface area contributed by atoms with Crippen LogP contribution in [0.2, 0.25) is 0 Å². The van der Waals surface area contributed by atoms with Gasteiger partial charge in [0.2, 0.25) is 0 Å². The van der Waals surface area contributed by atoms with Crippen LogP contribution in [0.25, 0.3) is 21.8 Å². The van der Waals surface area contributed by atoms with Crippen molar-refractivity contribution in [3.63, 3.8) is 0 Å². The molecule has 0 aliphatic rings. The second-order valence-corrected chi connectivity index (χ2v) is 6.85. The maximum atomic E-state index is 6.00. The summed E-state index contributed by atoms with van der Waals surface area (Å²) in [4.78, 5) is 14.5. The molecule has 3 heterocycles.